The van der Waals surface area contributed by atoms with Crippen molar-refractivity contribution in [2.75, 3.05) is 23.7 Å². The summed E-state index contributed by atoms with van der Waals surface area (Å²) in [5, 5.41) is 13.8. The van der Waals surface area contributed by atoms with Crippen molar-refractivity contribution in [1.82, 2.24) is 10.2 Å². The van der Waals surface area contributed by atoms with Crippen LogP contribution in [0.25, 0.3) is 0 Å². The molecule has 184 valence electrons. The van der Waals surface area contributed by atoms with E-state index in [0.29, 0.717) is 17.3 Å². The van der Waals surface area contributed by atoms with Crippen molar-refractivity contribution in [3.63, 3.8) is 0 Å². The number of nitrogens with one attached hydrogen (secondary N) is 1. The first kappa shape index (κ1) is 26.7. The number of carbonyl (C=O) groups excluding carboxylic acids is 2. The molecule has 0 saturated heterocycles. The minimum atomic E-state index is -4.04. The predicted molar refractivity (Wildman–Crippen MR) is 125 cm³/mol. The van der Waals surface area contributed by atoms with Gasteiger partial charge in [0.05, 0.1) is 16.9 Å². The number of nitro groups is 1. The minimum absolute atomic E-state index is 0.0843. The molecule has 1 unspecified atom stereocenters. The second-order valence-corrected chi connectivity index (χ2v) is 9.53. The van der Waals surface area contributed by atoms with Crippen LogP contribution in [0.4, 0.5) is 15.8 Å². The lowest BCUT2D eigenvalue weighted by molar-refractivity contribution is -0.384. The summed E-state index contributed by atoms with van der Waals surface area (Å²) in [5.74, 6) is -1.84. The first-order valence-electron chi connectivity index (χ1n) is 10.5. The van der Waals surface area contributed by atoms with Crippen molar-refractivity contribution in [2.24, 2.45) is 0 Å². The monoisotopic (exact) mass is 494 g/mol. The standard InChI is InChI=1S/C22H27FN4O6S/c1-4-12-24-22(29)16(2)25(14-17-8-5-6-11-20(17)23)21(28)15-26(34(3,32)33)18-9-7-10-19(13-18)27(30)31/h5-11,13,16H,4,12,14-15H2,1-3H3,(H,24,29). The zero-order chi connectivity index (χ0) is 25.5. The van der Waals surface area contributed by atoms with Gasteiger partial charge in [-0.1, -0.05) is 31.2 Å². The lowest BCUT2D eigenvalue weighted by Crippen LogP contribution is -2.51. The van der Waals surface area contributed by atoms with Crippen molar-refractivity contribution in [3.05, 3.63) is 70.0 Å². The average Bonchev–Trinajstić information content (AvgIpc) is 2.79. The van der Waals surface area contributed by atoms with Crippen LogP contribution in [0.2, 0.25) is 0 Å². The van der Waals surface area contributed by atoms with E-state index in [0.717, 1.165) is 17.2 Å². The molecule has 2 aromatic rings. The van der Waals surface area contributed by atoms with Gasteiger partial charge in [-0.2, -0.15) is 0 Å². The average molecular weight is 495 g/mol. The molecule has 0 radical (unpaired) electrons. The van der Waals surface area contributed by atoms with Crippen LogP contribution in [0.3, 0.4) is 0 Å². The minimum Gasteiger partial charge on any atom is -0.354 e. The molecule has 2 amide bonds. The number of rotatable bonds is 11. The van der Waals surface area contributed by atoms with Gasteiger partial charge in [-0.25, -0.2) is 12.8 Å². The highest BCUT2D eigenvalue weighted by molar-refractivity contribution is 7.92. The summed E-state index contributed by atoms with van der Waals surface area (Å²) in [6, 6.07) is 9.54. The Balaban J connectivity index is 2.42. The van der Waals surface area contributed by atoms with E-state index in [4.69, 9.17) is 0 Å². The fourth-order valence-corrected chi connectivity index (χ4v) is 4.01. The van der Waals surface area contributed by atoms with E-state index in [1.165, 1.54) is 43.3 Å². The number of benzene rings is 2. The van der Waals surface area contributed by atoms with E-state index in [9.17, 15) is 32.5 Å². The van der Waals surface area contributed by atoms with Crippen LogP contribution in [0.1, 0.15) is 25.8 Å². The fraction of sp³-hybridized carbons (Fsp3) is 0.364. The van der Waals surface area contributed by atoms with Crippen LogP contribution in [0.5, 0.6) is 0 Å². The summed E-state index contributed by atoms with van der Waals surface area (Å²) in [5.41, 5.74) is -0.291. The Hall–Kier alpha value is -3.54. The van der Waals surface area contributed by atoms with Crippen LogP contribution in [0.15, 0.2) is 48.5 Å². The molecule has 1 atom stereocenters. The SMILES string of the molecule is CCCNC(=O)C(C)N(Cc1ccccc1F)C(=O)CN(c1cccc([N+](=O)[O-])c1)S(C)(=O)=O. The van der Waals surface area contributed by atoms with Crippen molar-refractivity contribution in [3.8, 4) is 0 Å². The molecule has 0 aliphatic heterocycles. The van der Waals surface area contributed by atoms with E-state index in [-0.39, 0.29) is 23.5 Å². The third kappa shape index (κ3) is 6.98. The molecule has 1 N–H and O–H groups in total. The van der Waals surface area contributed by atoms with Crippen molar-refractivity contribution in [1.29, 1.82) is 0 Å². The number of carbonyl (C=O) groups is 2. The predicted octanol–water partition coefficient (Wildman–Crippen LogP) is 2.44. The Morgan fingerprint density at radius 3 is 2.44 bits per heavy atom. The highest BCUT2D eigenvalue weighted by Gasteiger charge is 2.30. The number of non-ortho nitro benzene ring substituents is 1. The van der Waals surface area contributed by atoms with E-state index < -0.39 is 45.2 Å². The molecule has 0 spiro atoms. The second kappa shape index (κ2) is 11.5. The molecule has 0 fully saturated rings. The van der Waals surface area contributed by atoms with Gasteiger partial charge < -0.3 is 10.2 Å². The molecular weight excluding hydrogens is 467 g/mol. The molecule has 0 aromatic heterocycles. The molecule has 2 aromatic carbocycles. The number of halogens is 1. The molecule has 2 rings (SSSR count). The van der Waals surface area contributed by atoms with Crippen molar-refractivity contribution in [2.45, 2.75) is 32.9 Å². The first-order valence-corrected chi connectivity index (χ1v) is 12.3. The fourth-order valence-electron chi connectivity index (χ4n) is 3.16. The van der Waals surface area contributed by atoms with Gasteiger partial charge in [0.15, 0.2) is 0 Å². The van der Waals surface area contributed by atoms with Crippen molar-refractivity contribution >= 4 is 33.2 Å². The van der Waals surface area contributed by atoms with Gasteiger partial charge in [-0.3, -0.25) is 24.0 Å². The first-order chi connectivity index (χ1) is 16.0. The lowest BCUT2D eigenvalue weighted by Gasteiger charge is -2.31. The molecule has 0 heterocycles. The molecule has 10 nitrogen and oxygen atoms in total. The highest BCUT2D eigenvalue weighted by Crippen LogP contribution is 2.24. The van der Waals surface area contributed by atoms with Crippen LogP contribution < -0.4 is 9.62 Å². The Morgan fingerprint density at radius 2 is 1.85 bits per heavy atom. The zero-order valence-electron chi connectivity index (χ0n) is 19.1. The molecular formula is C22H27FN4O6S. The molecule has 0 bridgehead atoms. The number of hydrogen-bond donors (Lipinski definition) is 1. The third-order valence-corrected chi connectivity index (χ3v) is 6.16. The Morgan fingerprint density at radius 1 is 1.18 bits per heavy atom. The maximum atomic E-state index is 14.3. The Bertz CT molecular complexity index is 1160. The summed E-state index contributed by atoms with van der Waals surface area (Å²) >= 11 is 0. The molecule has 0 aliphatic carbocycles. The Kier molecular flexibility index (Phi) is 9.07. The van der Waals surface area contributed by atoms with Crippen molar-refractivity contribution < 1.29 is 27.3 Å². The summed E-state index contributed by atoms with van der Waals surface area (Å²) in [6.07, 6.45) is 1.52. The highest BCUT2D eigenvalue weighted by atomic mass is 32.2. The zero-order valence-corrected chi connectivity index (χ0v) is 19.9. The van der Waals surface area contributed by atoms with Crippen LogP contribution in [-0.2, 0) is 26.2 Å². The molecule has 0 saturated carbocycles. The third-order valence-electron chi connectivity index (χ3n) is 5.02. The van der Waals surface area contributed by atoms with Gasteiger partial charge in [0.25, 0.3) is 5.69 Å². The number of nitro benzene ring substituents is 1. The number of nitrogens with zero attached hydrogens (tertiary/aromatic N) is 3. The topological polar surface area (TPSA) is 130 Å². The Labute approximate surface area is 197 Å². The normalized spacial score (nSPS) is 12.0. The number of hydrogen-bond acceptors (Lipinski definition) is 6. The van der Waals surface area contributed by atoms with E-state index in [2.05, 4.69) is 5.32 Å². The van der Waals surface area contributed by atoms with Crippen LogP contribution in [0, 0.1) is 15.9 Å². The van der Waals surface area contributed by atoms with Gasteiger partial charge in [-0.05, 0) is 25.5 Å². The summed E-state index contributed by atoms with van der Waals surface area (Å²) in [4.78, 5) is 37.4. The molecule has 0 aliphatic rings. The number of amides is 2. The quantitative estimate of drug-likeness (QED) is 0.377. The van der Waals surface area contributed by atoms with E-state index >= 15 is 0 Å². The molecule has 12 heteroatoms. The van der Waals surface area contributed by atoms with Gasteiger partial charge in [0, 0.05) is 30.8 Å². The maximum Gasteiger partial charge on any atom is 0.271 e. The van der Waals surface area contributed by atoms with Gasteiger partial charge >= 0.3 is 0 Å². The van der Waals surface area contributed by atoms with E-state index in [1.807, 2.05) is 6.92 Å². The smallest absolute Gasteiger partial charge is 0.271 e. The van der Waals surface area contributed by atoms with Gasteiger partial charge in [0.2, 0.25) is 21.8 Å². The van der Waals surface area contributed by atoms with Gasteiger partial charge in [-0.15, -0.1) is 0 Å². The lowest BCUT2D eigenvalue weighted by atomic mass is 10.1. The summed E-state index contributed by atoms with van der Waals surface area (Å²) in [6.45, 7) is 2.67. The summed E-state index contributed by atoms with van der Waals surface area (Å²) in [7, 11) is -4.04. The van der Waals surface area contributed by atoms with Crippen LogP contribution >= 0.6 is 0 Å². The number of sulfonamides is 1. The van der Waals surface area contributed by atoms with Gasteiger partial charge in [0.1, 0.15) is 18.4 Å². The van der Waals surface area contributed by atoms with E-state index in [1.54, 1.807) is 6.07 Å². The summed E-state index contributed by atoms with van der Waals surface area (Å²) < 4.78 is 40.0. The largest absolute Gasteiger partial charge is 0.354 e. The second-order valence-electron chi connectivity index (χ2n) is 7.63. The molecule has 34 heavy (non-hydrogen) atoms. The maximum absolute atomic E-state index is 14.3. The number of anilines is 1. The van der Waals surface area contributed by atoms with Crippen LogP contribution in [-0.4, -0.2) is 55.4 Å².